The molecule has 0 bridgehead atoms. The Morgan fingerprint density at radius 2 is 1.79 bits per heavy atom. The fraction of sp³-hybridized carbons (Fsp3) is 0.194. The molecule has 2 fully saturated rings. The number of rotatable bonds is 7. The Bertz CT molecular complexity index is 1710. The molecule has 0 radical (unpaired) electrons. The summed E-state index contributed by atoms with van der Waals surface area (Å²) in [6.45, 7) is 2.37. The normalized spacial score (nSPS) is 16.6. The van der Waals surface area contributed by atoms with Crippen LogP contribution in [0.1, 0.15) is 11.1 Å². The Hall–Kier alpha value is -4.12. The maximum atomic E-state index is 14.5. The first-order valence-electron chi connectivity index (χ1n) is 13.4. The summed E-state index contributed by atoms with van der Waals surface area (Å²) >= 11 is 7.05. The van der Waals surface area contributed by atoms with Gasteiger partial charge in [0.05, 0.1) is 36.0 Å². The van der Waals surface area contributed by atoms with Gasteiger partial charge in [0.25, 0.3) is 11.1 Å². The van der Waals surface area contributed by atoms with Crippen molar-refractivity contribution in [3.05, 3.63) is 99.8 Å². The molecule has 42 heavy (non-hydrogen) atoms. The van der Waals surface area contributed by atoms with E-state index in [2.05, 4.69) is 10.2 Å². The average Bonchev–Trinajstić information content (AvgIpc) is 3.47. The van der Waals surface area contributed by atoms with Crippen LogP contribution < -0.4 is 10.2 Å². The number of halogens is 2. The SMILES string of the molecule is O=C(CN1C(=O)S/C(=C/c2cn(Cc3c(F)cccc3Cl)c3ccccc23)C1=O)Nc1ccccc1N1CCOCC1. The minimum absolute atomic E-state index is 0.188. The fourth-order valence-electron chi connectivity index (χ4n) is 5.14. The van der Waals surface area contributed by atoms with Crippen molar-refractivity contribution in [3.63, 3.8) is 0 Å². The average molecular weight is 605 g/mol. The van der Waals surface area contributed by atoms with Crippen LogP contribution in [0.4, 0.5) is 20.6 Å². The van der Waals surface area contributed by atoms with Crippen molar-refractivity contribution in [1.82, 2.24) is 9.47 Å². The Balaban J connectivity index is 1.21. The van der Waals surface area contributed by atoms with E-state index in [-0.39, 0.29) is 11.4 Å². The Morgan fingerprint density at radius 3 is 2.60 bits per heavy atom. The number of para-hydroxylation sites is 3. The largest absolute Gasteiger partial charge is 0.378 e. The number of carbonyl (C=O) groups excluding carboxylic acids is 3. The van der Waals surface area contributed by atoms with Crippen LogP contribution in [0.5, 0.6) is 0 Å². The van der Waals surface area contributed by atoms with Crippen molar-refractivity contribution in [2.24, 2.45) is 0 Å². The predicted molar refractivity (Wildman–Crippen MR) is 163 cm³/mol. The Morgan fingerprint density at radius 1 is 1.02 bits per heavy atom. The van der Waals surface area contributed by atoms with Gasteiger partial charge in [0.2, 0.25) is 5.91 Å². The molecular formula is C31H26ClFN4O4S. The van der Waals surface area contributed by atoms with Gasteiger partial charge in [-0.25, -0.2) is 4.39 Å². The van der Waals surface area contributed by atoms with E-state index >= 15 is 0 Å². The first-order valence-corrected chi connectivity index (χ1v) is 14.6. The van der Waals surface area contributed by atoms with Gasteiger partial charge in [-0.05, 0) is 48.2 Å². The first kappa shape index (κ1) is 28.0. The molecular weight excluding hydrogens is 579 g/mol. The summed E-state index contributed by atoms with van der Waals surface area (Å²) < 4.78 is 21.8. The number of thioether (sulfide) groups is 1. The van der Waals surface area contributed by atoms with Crippen molar-refractivity contribution in [2.45, 2.75) is 6.54 Å². The van der Waals surface area contributed by atoms with E-state index < -0.39 is 29.4 Å². The Labute approximate surface area is 250 Å². The van der Waals surface area contributed by atoms with Crippen LogP contribution in [0.15, 0.2) is 77.8 Å². The highest BCUT2D eigenvalue weighted by molar-refractivity contribution is 8.18. The van der Waals surface area contributed by atoms with Crippen LogP contribution in [0.2, 0.25) is 5.02 Å². The Kier molecular flexibility index (Phi) is 8.01. The lowest BCUT2D eigenvalue weighted by molar-refractivity contribution is -0.127. The molecule has 3 heterocycles. The molecule has 0 unspecified atom stereocenters. The third-order valence-corrected chi connectivity index (χ3v) is 8.46. The van der Waals surface area contributed by atoms with Gasteiger partial charge in [-0.3, -0.25) is 19.3 Å². The monoisotopic (exact) mass is 604 g/mol. The van der Waals surface area contributed by atoms with Crippen molar-refractivity contribution >= 4 is 68.8 Å². The molecule has 8 nitrogen and oxygen atoms in total. The van der Waals surface area contributed by atoms with Gasteiger partial charge in [0.15, 0.2) is 0 Å². The predicted octanol–water partition coefficient (Wildman–Crippen LogP) is 5.99. The van der Waals surface area contributed by atoms with E-state index in [1.807, 2.05) is 47.0 Å². The highest BCUT2D eigenvalue weighted by Gasteiger charge is 2.36. The van der Waals surface area contributed by atoms with Crippen molar-refractivity contribution in [2.75, 3.05) is 43.1 Å². The number of hydrogen-bond donors (Lipinski definition) is 1. The number of imide groups is 1. The van der Waals surface area contributed by atoms with Gasteiger partial charge in [0.1, 0.15) is 12.4 Å². The molecule has 2 aliphatic rings. The minimum Gasteiger partial charge on any atom is -0.378 e. The molecule has 2 aliphatic heterocycles. The molecule has 0 spiro atoms. The molecule has 11 heteroatoms. The third-order valence-electron chi connectivity index (χ3n) is 7.20. The quantitative estimate of drug-likeness (QED) is 0.261. The molecule has 2 saturated heterocycles. The third kappa shape index (κ3) is 5.65. The summed E-state index contributed by atoms with van der Waals surface area (Å²) in [5, 5.41) is 3.48. The van der Waals surface area contributed by atoms with Crippen molar-refractivity contribution in [3.8, 4) is 0 Å². The number of ether oxygens (including phenoxy) is 1. The van der Waals surface area contributed by atoms with Crippen LogP contribution >= 0.6 is 23.4 Å². The maximum absolute atomic E-state index is 14.5. The van der Waals surface area contributed by atoms with Gasteiger partial charge in [0, 0.05) is 46.3 Å². The molecule has 0 atom stereocenters. The second-order valence-corrected chi connectivity index (χ2v) is 11.3. The zero-order chi connectivity index (χ0) is 29.2. The number of carbonyl (C=O) groups is 3. The highest BCUT2D eigenvalue weighted by atomic mass is 35.5. The number of fused-ring (bicyclic) bond motifs is 1. The van der Waals surface area contributed by atoms with E-state index in [0.717, 1.165) is 33.3 Å². The number of nitrogens with one attached hydrogen (secondary N) is 1. The van der Waals surface area contributed by atoms with Crippen LogP contribution in [-0.2, 0) is 20.9 Å². The lowest BCUT2D eigenvalue weighted by Gasteiger charge is -2.30. The molecule has 0 aliphatic carbocycles. The van der Waals surface area contributed by atoms with Gasteiger partial charge in [-0.2, -0.15) is 0 Å². The summed E-state index contributed by atoms with van der Waals surface area (Å²) in [5.41, 5.74) is 3.33. The zero-order valence-corrected chi connectivity index (χ0v) is 24.0. The summed E-state index contributed by atoms with van der Waals surface area (Å²) in [6.07, 6.45) is 3.44. The lowest BCUT2D eigenvalue weighted by atomic mass is 10.1. The number of amides is 3. The van der Waals surface area contributed by atoms with Crippen LogP contribution in [0.3, 0.4) is 0 Å². The highest BCUT2D eigenvalue weighted by Crippen LogP contribution is 2.35. The van der Waals surface area contributed by atoms with E-state index in [9.17, 15) is 18.8 Å². The minimum atomic E-state index is -0.546. The summed E-state index contributed by atoms with van der Waals surface area (Å²) in [7, 11) is 0. The van der Waals surface area contributed by atoms with Crippen molar-refractivity contribution < 1.29 is 23.5 Å². The smallest absolute Gasteiger partial charge is 0.294 e. The molecule has 3 amide bonds. The molecule has 3 aromatic carbocycles. The summed E-state index contributed by atoms with van der Waals surface area (Å²) in [6, 6.07) is 19.5. The van der Waals surface area contributed by atoms with E-state index in [4.69, 9.17) is 16.3 Å². The van der Waals surface area contributed by atoms with Crippen molar-refractivity contribution in [1.29, 1.82) is 0 Å². The van der Waals surface area contributed by atoms with Gasteiger partial charge < -0.3 is 19.5 Å². The van der Waals surface area contributed by atoms with E-state index in [1.54, 1.807) is 30.5 Å². The molecule has 1 N–H and O–H groups in total. The summed E-state index contributed by atoms with van der Waals surface area (Å²) in [4.78, 5) is 42.4. The van der Waals surface area contributed by atoms with E-state index in [1.165, 1.54) is 6.07 Å². The number of morpholine rings is 1. The molecule has 214 valence electrons. The number of benzene rings is 3. The molecule has 4 aromatic rings. The van der Waals surface area contributed by atoms with Gasteiger partial charge in [-0.1, -0.05) is 48.0 Å². The second kappa shape index (κ2) is 12.0. The van der Waals surface area contributed by atoms with Gasteiger partial charge >= 0.3 is 0 Å². The van der Waals surface area contributed by atoms with E-state index in [0.29, 0.717) is 48.1 Å². The van der Waals surface area contributed by atoms with Crippen LogP contribution in [0, 0.1) is 5.82 Å². The number of hydrogen-bond acceptors (Lipinski definition) is 6. The maximum Gasteiger partial charge on any atom is 0.294 e. The second-order valence-electron chi connectivity index (χ2n) is 9.86. The molecule has 6 rings (SSSR count). The van der Waals surface area contributed by atoms with Crippen LogP contribution in [-0.4, -0.2) is 59.4 Å². The summed E-state index contributed by atoms with van der Waals surface area (Å²) in [5.74, 6) is -1.43. The fourth-order valence-corrected chi connectivity index (χ4v) is 6.20. The number of anilines is 2. The topological polar surface area (TPSA) is 83.9 Å². The molecule has 0 saturated carbocycles. The molecule has 1 aromatic heterocycles. The van der Waals surface area contributed by atoms with Gasteiger partial charge in [-0.15, -0.1) is 0 Å². The lowest BCUT2D eigenvalue weighted by Crippen LogP contribution is -2.38. The number of aromatic nitrogens is 1. The standard InChI is InChI=1S/C31H26ClFN4O4S/c32-23-7-5-8-24(33)22(23)18-36-17-20(21-6-1-3-10-26(21)36)16-28-30(39)37(31(40)42-28)19-29(38)34-25-9-2-4-11-27(25)35-12-14-41-15-13-35/h1-11,16-17H,12-15,18-19H2,(H,34,38)/b28-16+. The first-order chi connectivity index (χ1) is 20.4. The zero-order valence-electron chi connectivity index (χ0n) is 22.4. The van der Waals surface area contributed by atoms with Crippen LogP contribution in [0.25, 0.3) is 17.0 Å². The number of nitrogens with zero attached hydrogens (tertiary/aromatic N) is 3.